The van der Waals surface area contributed by atoms with Crippen LogP contribution in [0, 0.1) is 0 Å². The van der Waals surface area contributed by atoms with Gasteiger partial charge in [0.1, 0.15) is 39.3 Å². The van der Waals surface area contributed by atoms with E-state index in [1.807, 2.05) is 0 Å². The summed E-state index contributed by atoms with van der Waals surface area (Å²) in [5.41, 5.74) is 7.63. The van der Waals surface area contributed by atoms with Gasteiger partial charge in [-0.15, -0.1) is 0 Å². The molecule has 51 heavy (non-hydrogen) atoms. The topological polar surface area (TPSA) is 23.3 Å². The van der Waals surface area contributed by atoms with Crippen LogP contribution in [-0.2, 0) is 39.3 Å². The van der Waals surface area contributed by atoms with Crippen molar-refractivity contribution in [3.05, 3.63) is 147 Å². The van der Waals surface area contributed by atoms with E-state index in [0.29, 0.717) is 0 Å². The lowest BCUT2D eigenvalue weighted by molar-refractivity contribution is -0.694. The van der Waals surface area contributed by atoms with E-state index in [9.17, 15) is 0 Å². The summed E-state index contributed by atoms with van der Waals surface area (Å²) in [7, 11) is 0. The quantitative estimate of drug-likeness (QED) is 0.138. The van der Waals surface area contributed by atoms with E-state index in [-0.39, 0.29) is 22.3 Å². The fourth-order valence-electron chi connectivity index (χ4n) is 5.25. The highest BCUT2D eigenvalue weighted by molar-refractivity contribution is 5.61. The van der Waals surface area contributed by atoms with Gasteiger partial charge in [0, 0.05) is 60.2 Å². The third-order valence-electron chi connectivity index (χ3n) is 8.44. The molecular weight excluding hydrogens is 625 g/mol. The number of aryl methyl sites for hydroxylation is 6. The van der Waals surface area contributed by atoms with Gasteiger partial charge in [0.05, 0.1) is 11.1 Å². The van der Waals surface area contributed by atoms with Crippen molar-refractivity contribution in [2.45, 2.75) is 103 Å². The van der Waals surface area contributed by atoms with Crippen LogP contribution in [0.2, 0.25) is 0 Å². The van der Waals surface area contributed by atoms with Crippen LogP contribution in [0.4, 0.5) is 0 Å². The summed E-state index contributed by atoms with van der Waals surface area (Å²) in [5.74, 6) is 0. The highest BCUT2D eigenvalue weighted by Gasteiger charge is 2.08. The van der Waals surface area contributed by atoms with Gasteiger partial charge in [-0.1, -0.05) is 22.3 Å². The molecule has 0 radical (unpaired) electrons. The summed E-state index contributed by atoms with van der Waals surface area (Å²) < 4.78 is 13.1. The summed E-state index contributed by atoms with van der Waals surface area (Å²) in [6.07, 6.45) is 25.6. The minimum atomic E-state index is 0. The Bertz CT molecular complexity index is 1720. The first-order valence-electron chi connectivity index (χ1n) is 17.5. The Morgan fingerprint density at radius 1 is 0.275 bits per heavy atom. The number of aromatic nitrogens is 6. The third-order valence-corrected chi connectivity index (χ3v) is 8.44. The van der Waals surface area contributed by atoms with Crippen molar-refractivity contribution in [2.75, 3.05) is 0 Å². The molecule has 6 heteroatoms. The Hall–Kier alpha value is -5.10. The van der Waals surface area contributed by atoms with E-state index < -0.39 is 0 Å². The molecule has 6 aromatic heterocycles. The van der Waals surface area contributed by atoms with E-state index >= 15 is 0 Å². The first-order valence-corrected chi connectivity index (χ1v) is 17.5. The first-order chi connectivity index (χ1) is 23.5. The van der Waals surface area contributed by atoms with Gasteiger partial charge in [-0.3, -0.25) is 0 Å². The normalized spacial score (nSPS) is 9.76. The van der Waals surface area contributed by atoms with Gasteiger partial charge < -0.3 is 0 Å². The van der Waals surface area contributed by atoms with Gasteiger partial charge in [0.15, 0.2) is 74.4 Å². The Morgan fingerprint density at radius 3 is 0.725 bits per heavy atom. The van der Waals surface area contributed by atoms with Gasteiger partial charge >= 0.3 is 0 Å². The zero-order valence-electron chi connectivity index (χ0n) is 29.8. The lowest BCUT2D eigenvalue weighted by Gasteiger charge is -1.99. The molecule has 0 atom stereocenters. The minimum Gasteiger partial charge on any atom is -0.205 e. The van der Waals surface area contributed by atoms with Crippen LogP contribution >= 0.6 is 0 Å². The van der Waals surface area contributed by atoms with E-state index in [2.05, 4.69) is 216 Å². The van der Waals surface area contributed by atoms with Gasteiger partial charge in [0.25, 0.3) is 0 Å². The summed E-state index contributed by atoms with van der Waals surface area (Å²) in [4.78, 5) is 0. The van der Waals surface area contributed by atoms with Gasteiger partial charge in [-0.2, -0.15) is 0 Å². The monoisotopic (exact) mass is 691 g/mol. The van der Waals surface area contributed by atoms with Crippen molar-refractivity contribution in [3.63, 3.8) is 0 Å². The number of hydrogen-bond donors (Lipinski definition) is 0. The maximum atomic E-state index is 2.19. The predicted octanol–water partition coefficient (Wildman–Crippen LogP) is 7.81. The SMILES string of the molecule is C.C.C.CC[n+]1ccc(-c2cc[n+](CC)cc2)cc1.CC[n+]1ccc(-c2ccc[n+](CC)c2)cc1.CC[n+]1cccc(-c2ccc[n+](CC)c2)c1. The molecule has 0 spiro atoms. The molecule has 0 saturated carbocycles. The maximum Gasteiger partial charge on any atom is 0.176 e. The van der Waals surface area contributed by atoms with E-state index in [4.69, 9.17) is 0 Å². The average Bonchev–Trinajstić information content (AvgIpc) is 3.18. The van der Waals surface area contributed by atoms with Crippen LogP contribution < -0.4 is 27.4 Å². The Balaban J connectivity index is 0.000000372. The molecule has 6 heterocycles. The second-order valence-electron chi connectivity index (χ2n) is 11.5. The summed E-state index contributed by atoms with van der Waals surface area (Å²) >= 11 is 0. The molecule has 0 saturated heterocycles. The molecule has 270 valence electrons. The predicted molar refractivity (Wildman–Crippen MR) is 211 cm³/mol. The number of hydrogen-bond acceptors (Lipinski definition) is 0. The smallest absolute Gasteiger partial charge is 0.176 e. The van der Waals surface area contributed by atoms with Crippen molar-refractivity contribution in [2.24, 2.45) is 0 Å². The zero-order valence-corrected chi connectivity index (χ0v) is 29.8. The molecule has 6 rings (SSSR count). The van der Waals surface area contributed by atoms with E-state index in [1.165, 1.54) is 33.4 Å². The standard InChI is InChI=1S/3C14H18N2.3CH4/c1-3-15-9-5-13(6-10-15)14-7-11-16(4-2)12-8-14;1-3-15-9-5-7-13(11-15)14-8-6-10-16(4-2)12-14;1-3-15-10-7-13(8-11-15)14-6-5-9-16(4-2)12-14;;;/h3*5-12H,3-4H2,1-2H3;3*1H4/q3*+2;;;. The van der Waals surface area contributed by atoms with Crippen molar-refractivity contribution >= 4 is 0 Å². The molecule has 0 aromatic carbocycles. The zero-order chi connectivity index (χ0) is 34.1. The van der Waals surface area contributed by atoms with Crippen molar-refractivity contribution in [3.8, 4) is 33.4 Å². The fraction of sp³-hybridized carbons (Fsp3) is 0.333. The van der Waals surface area contributed by atoms with Crippen LogP contribution in [0.5, 0.6) is 0 Å². The molecular formula is C45H66N6+6. The van der Waals surface area contributed by atoms with Crippen LogP contribution in [-0.4, -0.2) is 0 Å². The maximum absolute atomic E-state index is 2.19. The van der Waals surface area contributed by atoms with Gasteiger partial charge in [-0.25, -0.2) is 27.4 Å². The highest BCUT2D eigenvalue weighted by atomic mass is 14.9. The molecule has 0 amide bonds. The van der Waals surface area contributed by atoms with Crippen LogP contribution in [0.15, 0.2) is 147 Å². The van der Waals surface area contributed by atoms with Crippen LogP contribution in [0.25, 0.3) is 33.4 Å². The molecule has 0 N–H and O–H groups in total. The average molecular weight is 691 g/mol. The minimum absolute atomic E-state index is 0. The van der Waals surface area contributed by atoms with Gasteiger partial charge in [-0.05, 0) is 76.4 Å². The second kappa shape index (κ2) is 23.3. The molecule has 0 aliphatic rings. The molecule has 6 aromatic rings. The molecule has 0 unspecified atom stereocenters. The summed E-state index contributed by atoms with van der Waals surface area (Å²) in [5, 5.41) is 0. The third kappa shape index (κ3) is 13.3. The van der Waals surface area contributed by atoms with Crippen LogP contribution in [0.1, 0.15) is 63.8 Å². The molecule has 0 bridgehead atoms. The van der Waals surface area contributed by atoms with Crippen molar-refractivity contribution in [1.29, 1.82) is 0 Å². The largest absolute Gasteiger partial charge is 0.205 e. The molecule has 0 aliphatic heterocycles. The fourth-order valence-corrected chi connectivity index (χ4v) is 5.25. The Labute approximate surface area is 310 Å². The lowest BCUT2D eigenvalue weighted by Crippen LogP contribution is -2.32. The first kappa shape index (κ1) is 43.9. The second-order valence-corrected chi connectivity index (χ2v) is 11.5. The number of rotatable bonds is 9. The highest BCUT2D eigenvalue weighted by Crippen LogP contribution is 2.16. The Kier molecular flexibility index (Phi) is 20.1. The molecule has 6 nitrogen and oxygen atoms in total. The molecule has 0 fully saturated rings. The van der Waals surface area contributed by atoms with Crippen LogP contribution in [0.3, 0.4) is 0 Å². The number of pyridine rings is 6. The lowest BCUT2D eigenvalue weighted by atomic mass is 10.1. The van der Waals surface area contributed by atoms with Crippen molar-refractivity contribution < 1.29 is 27.4 Å². The van der Waals surface area contributed by atoms with Crippen molar-refractivity contribution in [1.82, 2.24) is 0 Å². The van der Waals surface area contributed by atoms with E-state index in [1.54, 1.807) is 0 Å². The summed E-state index contributed by atoms with van der Waals surface area (Å²) in [6.45, 7) is 19.0. The Morgan fingerprint density at radius 2 is 0.490 bits per heavy atom. The van der Waals surface area contributed by atoms with E-state index in [0.717, 1.165) is 39.3 Å². The van der Waals surface area contributed by atoms with Gasteiger partial charge in [0.2, 0.25) is 0 Å². The summed E-state index contributed by atoms with van der Waals surface area (Å²) in [6, 6.07) is 25.7. The number of nitrogens with zero attached hydrogens (tertiary/aromatic N) is 6. The molecule has 0 aliphatic carbocycles.